The van der Waals surface area contributed by atoms with E-state index in [1.165, 1.54) is 31.2 Å². The minimum absolute atomic E-state index is 0.239. The highest BCUT2D eigenvalue weighted by Crippen LogP contribution is 2.30. The van der Waals surface area contributed by atoms with Crippen LogP contribution in [0.15, 0.2) is 59.3 Å². The second-order valence-electron chi connectivity index (χ2n) is 5.74. The van der Waals surface area contributed by atoms with Crippen molar-refractivity contribution < 1.29 is 18.7 Å². The predicted molar refractivity (Wildman–Crippen MR) is 105 cm³/mol. The third kappa shape index (κ3) is 5.15. The molecule has 0 saturated carbocycles. The molecule has 7 heteroatoms. The number of halogens is 1. The van der Waals surface area contributed by atoms with Crippen LogP contribution in [0.5, 0.6) is 5.75 Å². The number of hydrogen-bond donors (Lipinski definition) is 2. The first-order chi connectivity index (χ1) is 13.0. The molecule has 5 nitrogen and oxygen atoms in total. The summed E-state index contributed by atoms with van der Waals surface area (Å²) in [6.45, 7) is 1.16. The quantitative estimate of drug-likeness (QED) is 0.656. The molecule has 1 heterocycles. The Morgan fingerprint density at radius 1 is 1.00 bits per heavy atom. The van der Waals surface area contributed by atoms with Crippen molar-refractivity contribution in [3.8, 4) is 16.9 Å². The van der Waals surface area contributed by atoms with Crippen LogP contribution in [0.1, 0.15) is 6.92 Å². The largest absolute Gasteiger partial charge is 0.484 e. The van der Waals surface area contributed by atoms with E-state index in [1.54, 1.807) is 23.5 Å². The number of nitrogens with one attached hydrogen (secondary N) is 2. The molecular formula is C20H17FN2O3S. The lowest BCUT2D eigenvalue weighted by atomic mass is 10.1. The first-order valence-electron chi connectivity index (χ1n) is 8.14. The smallest absolute Gasteiger partial charge is 0.262 e. The maximum atomic E-state index is 12.9. The molecule has 0 aliphatic rings. The van der Waals surface area contributed by atoms with Gasteiger partial charge in [0.05, 0.1) is 11.4 Å². The summed E-state index contributed by atoms with van der Waals surface area (Å²) in [4.78, 5) is 23.7. The van der Waals surface area contributed by atoms with Gasteiger partial charge in [-0.05, 0) is 64.4 Å². The Bertz CT molecular complexity index is 940. The highest BCUT2D eigenvalue weighted by molar-refractivity contribution is 7.08. The van der Waals surface area contributed by atoms with Gasteiger partial charge in [0.1, 0.15) is 11.6 Å². The van der Waals surface area contributed by atoms with Crippen molar-refractivity contribution in [3.05, 3.63) is 65.1 Å². The topological polar surface area (TPSA) is 67.4 Å². The van der Waals surface area contributed by atoms with Gasteiger partial charge >= 0.3 is 0 Å². The first-order valence-corrected chi connectivity index (χ1v) is 9.08. The molecule has 0 bridgehead atoms. The molecule has 0 aliphatic heterocycles. The summed E-state index contributed by atoms with van der Waals surface area (Å²) in [6.07, 6.45) is 0. The number of hydrogen-bond acceptors (Lipinski definition) is 4. The van der Waals surface area contributed by atoms with Crippen LogP contribution in [0.3, 0.4) is 0 Å². The molecule has 0 atom stereocenters. The number of carbonyl (C=O) groups is 2. The minimum atomic E-state index is -0.395. The van der Waals surface area contributed by atoms with Crippen LogP contribution in [0.4, 0.5) is 15.8 Å². The first kappa shape index (κ1) is 18.6. The van der Waals surface area contributed by atoms with Crippen LogP contribution >= 0.6 is 11.3 Å². The zero-order valence-corrected chi connectivity index (χ0v) is 15.3. The van der Waals surface area contributed by atoms with Crippen molar-refractivity contribution in [1.82, 2.24) is 0 Å². The molecule has 1 aromatic heterocycles. The second-order valence-corrected chi connectivity index (χ2v) is 6.52. The minimum Gasteiger partial charge on any atom is -0.484 e. The van der Waals surface area contributed by atoms with Crippen LogP contribution in [0.25, 0.3) is 11.1 Å². The van der Waals surface area contributed by atoms with Crippen molar-refractivity contribution in [2.24, 2.45) is 0 Å². The summed E-state index contributed by atoms with van der Waals surface area (Å²) in [6, 6.07) is 12.8. The third-order valence-electron chi connectivity index (χ3n) is 3.64. The molecule has 2 aromatic carbocycles. The number of amides is 2. The van der Waals surface area contributed by atoms with Gasteiger partial charge in [0.25, 0.3) is 5.91 Å². The number of rotatable bonds is 6. The van der Waals surface area contributed by atoms with Gasteiger partial charge in [-0.2, -0.15) is 11.3 Å². The van der Waals surface area contributed by atoms with Gasteiger partial charge in [-0.15, -0.1) is 0 Å². The van der Waals surface area contributed by atoms with E-state index in [0.717, 1.165) is 11.1 Å². The monoisotopic (exact) mass is 384 g/mol. The van der Waals surface area contributed by atoms with Gasteiger partial charge in [-0.25, -0.2) is 4.39 Å². The molecule has 3 rings (SSSR count). The van der Waals surface area contributed by atoms with E-state index >= 15 is 0 Å². The van der Waals surface area contributed by atoms with Crippen molar-refractivity contribution >= 4 is 34.5 Å². The maximum absolute atomic E-state index is 12.9. The summed E-state index contributed by atoms with van der Waals surface area (Å²) in [7, 11) is 0. The molecule has 2 amide bonds. The highest BCUT2D eigenvalue weighted by Gasteiger charge is 2.11. The van der Waals surface area contributed by atoms with Gasteiger partial charge < -0.3 is 15.4 Å². The highest BCUT2D eigenvalue weighted by atomic mass is 32.1. The lowest BCUT2D eigenvalue weighted by Gasteiger charge is -2.13. The summed E-state index contributed by atoms with van der Waals surface area (Å²) in [5.41, 5.74) is 2.91. The van der Waals surface area contributed by atoms with E-state index in [0.29, 0.717) is 17.1 Å². The molecule has 0 fully saturated rings. The average Bonchev–Trinajstić information content (AvgIpc) is 3.17. The van der Waals surface area contributed by atoms with E-state index < -0.39 is 5.91 Å². The summed E-state index contributed by atoms with van der Waals surface area (Å²) in [5, 5.41) is 9.41. The van der Waals surface area contributed by atoms with E-state index in [-0.39, 0.29) is 18.3 Å². The summed E-state index contributed by atoms with van der Waals surface area (Å²) in [5.74, 6) is -0.623. The molecule has 0 aliphatic carbocycles. The number of carbonyl (C=O) groups excluding carboxylic acids is 2. The van der Waals surface area contributed by atoms with Crippen LogP contribution in [0.2, 0.25) is 0 Å². The Labute approximate surface area is 159 Å². The fourth-order valence-electron chi connectivity index (χ4n) is 2.42. The average molecular weight is 384 g/mol. The predicted octanol–water partition coefficient (Wildman–Crippen LogP) is 4.53. The maximum Gasteiger partial charge on any atom is 0.262 e. The molecular weight excluding hydrogens is 367 g/mol. The molecule has 27 heavy (non-hydrogen) atoms. The van der Waals surface area contributed by atoms with E-state index in [4.69, 9.17) is 4.74 Å². The van der Waals surface area contributed by atoms with Gasteiger partial charge in [-0.3, -0.25) is 9.59 Å². The normalized spacial score (nSPS) is 10.3. The van der Waals surface area contributed by atoms with Crippen molar-refractivity contribution in [3.63, 3.8) is 0 Å². The van der Waals surface area contributed by atoms with Crippen molar-refractivity contribution in [2.75, 3.05) is 17.2 Å². The third-order valence-corrected chi connectivity index (χ3v) is 4.33. The summed E-state index contributed by atoms with van der Waals surface area (Å²) >= 11 is 1.57. The molecule has 3 aromatic rings. The molecule has 0 saturated heterocycles. The van der Waals surface area contributed by atoms with E-state index in [2.05, 4.69) is 10.6 Å². The molecule has 0 spiro atoms. The fourth-order valence-corrected chi connectivity index (χ4v) is 3.09. The zero-order valence-electron chi connectivity index (χ0n) is 14.5. The Kier molecular flexibility index (Phi) is 5.83. The Morgan fingerprint density at radius 2 is 1.78 bits per heavy atom. The zero-order chi connectivity index (χ0) is 19.2. The van der Waals surface area contributed by atoms with Crippen LogP contribution in [0, 0.1) is 5.82 Å². The second kappa shape index (κ2) is 8.46. The lowest BCUT2D eigenvalue weighted by molar-refractivity contribution is -0.118. The van der Waals surface area contributed by atoms with E-state index in [1.807, 2.05) is 22.9 Å². The number of benzene rings is 2. The lowest BCUT2D eigenvalue weighted by Crippen LogP contribution is -2.21. The molecule has 0 unspecified atom stereocenters. The SMILES string of the molecule is CC(=O)Nc1ccc(-c2ccsc2)cc1NC(=O)COc1ccc(F)cc1. The van der Waals surface area contributed by atoms with Gasteiger partial charge in [0.15, 0.2) is 6.61 Å². The number of anilines is 2. The van der Waals surface area contributed by atoms with Gasteiger partial charge in [0.2, 0.25) is 5.91 Å². The number of ether oxygens (including phenoxy) is 1. The van der Waals surface area contributed by atoms with Gasteiger partial charge in [0, 0.05) is 6.92 Å². The summed E-state index contributed by atoms with van der Waals surface area (Å²) < 4.78 is 18.3. The van der Waals surface area contributed by atoms with Crippen molar-refractivity contribution in [1.29, 1.82) is 0 Å². The molecule has 138 valence electrons. The van der Waals surface area contributed by atoms with Crippen LogP contribution in [-0.2, 0) is 9.59 Å². The standard InChI is InChI=1S/C20H17FN2O3S/c1-13(24)22-18-7-2-14(15-8-9-27-12-15)10-19(18)23-20(25)11-26-17-5-3-16(21)4-6-17/h2-10,12H,11H2,1H3,(H,22,24)(H,23,25). The van der Waals surface area contributed by atoms with Crippen molar-refractivity contribution in [2.45, 2.75) is 6.92 Å². The van der Waals surface area contributed by atoms with Crippen LogP contribution < -0.4 is 15.4 Å². The molecule has 0 radical (unpaired) electrons. The van der Waals surface area contributed by atoms with Crippen LogP contribution in [-0.4, -0.2) is 18.4 Å². The Balaban J connectivity index is 1.74. The fraction of sp³-hybridized carbons (Fsp3) is 0.100. The Hall–Kier alpha value is -3.19. The Morgan fingerprint density at radius 3 is 2.44 bits per heavy atom. The molecule has 2 N–H and O–H groups in total. The number of thiophene rings is 1. The van der Waals surface area contributed by atoms with Gasteiger partial charge in [-0.1, -0.05) is 6.07 Å². The van der Waals surface area contributed by atoms with E-state index in [9.17, 15) is 14.0 Å².